The van der Waals surface area contributed by atoms with Gasteiger partial charge in [-0.1, -0.05) is 44.0 Å². The van der Waals surface area contributed by atoms with Crippen molar-refractivity contribution in [2.75, 3.05) is 7.05 Å². The first-order chi connectivity index (χ1) is 9.81. The molecule has 2 rings (SSSR count). The minimum Gasteiger partial charge on any atom is -0.316 e. The van der Waals surface area contributed by atoms with Gasteiger partial charge in [0.1, 0.15) is 0 Å². The van der Waals surface area contributed by atoms with E-state index in [1.54, 1.807) is 0 Å². The number of rotatable bonds is 3. The summed E-state index contributed by atoms with van der Waals surface area (Å²) in [5.41, 5.74) is 0.371. The molecule has 3 atom stereocenters. The third-order valence-electron chi connectivity index (χ3n) is 4.56. The molecule has 0 spiro atoms. The van der Waals surface area contributed by atoms with Crippen molar-refractivity contribution < 1.29 is 0 Å². The molecule has 118 valence electrons. The number of nitrogens with one attached hydrogen (secondary N) is 1. The van der Waals surface area contributed by atoms with E-state index >= 15 is 0 Å². The zero-order valence-electron chi connectivity index (χ0n) is 13.2. The van der Waals surface area contributed by atoms with Crippen LogP contribution in [0, 0.1) is 11.3 Å². The molecule has 1 N–H and O–H groups in total. The zero-order valence-corrected chi connectivity index (χ0v) is 15.6. The predicted octanol–water partition coefficient (Wildman–Crippen LogP) is 5.89. The van der Waals surface area contributed by atoms with Crippen LogP contribution < -0.4 is 5.32 Å². The second-order valence-corrected chi connectivity index (χ2v) is 9.13. The number of hydrogen-bond acceptors (Lipinski definition) is 2. The SMILES string of the molecule is CNC1CCC(C(C)(C)C)CC1Sc1cc(Cl)ccc1Cl. The van der Waals surface area contributed by atoms with E-state index in [9.17, 15) is 0 Å². The second kappa shape index (κ2) is 7.12. The van der Waals surface area contributed by atoms with Gasteiger partial charge in [0.05, 0.1) is 5.02 Å². The Morgan fingerprint density at radius 3 is 2.52 bits per heavy atom. The van der Waals surface area contributed by atoms with Gasteiger partial charge in [-0.25, -0.2) is 0 Å². The van der Waals surface area contributed by atoms with Crippen molar-refractivity contribution in [1.82, 2.24) is 5.32 Å². The first-order valence-electron chi connectivity index (χ1n) is 7.60. The minimum absolute atomic E-state index is 0.371. The molecule has 1 fully saturated rings. The maximum absolute atomic E-state index is 6.33. The highest BCUT2D eigenvalue weighted by atomic mass is 35.5. The maximum Gasteiger partial charge on any atom is 0.0543 e. The molecule has 21 heavy (non-hydrogen) atoms. The second-order valence-electron chi connectivity index (χ2n) is 7.00. The molecule has 0 aromatic heterocycles. The van der Waals surface area contributed by atoms with Gasteiger partial charge in [-0.2, -0.15) is 0 Å². The Hall–Kier alpha value is 0.110. The monoisotopic (exact) mass is 345 g/mol. The predicted molar refractivity (Wildman–Crippen MR) is 95.8 cm³/mol. The lowest BCUT2D eigenvalue weighted by Gasteiger charge is -2.41. The molecule has 0 aliphatic heterocycles. The Morgan fingerprint density at radius 2 is 1.90 bits per heavy atom. The number of hydrogen-bond donors (Lipinski definition) is 1. The van der Waals surface area contributed by atoms with Gasteiger partial charge in [0.2, 0.25) is 0 Å². The first-order valence-corrected chi connectivity index (χ1v) is 9.24. The highest BCUT2D eigenvalue weighted by Gasteiger charge is 2.36. The fourth-order valence-corrected chi connectivity index (χ4v) is 5.06. The van der Waals surface area contributed by atoms with Crippen LogP contribution in [0.1, 0.15) is 40.0 Å². The van der Waals surface area contributed by atoms with Gasteiger partial charge >= 0.3 is 0 Å². The summed E-state index contributed by atoms with van der Waals surface area (Å²) in [5, 5.41) is 5.59. The Morgan fingerprint density at radius 1 is 1.19 bits per heavy atom. The summed E-state index contributed by atoms with van der Waals surface area (Å²) < 4.78 is 0. The fourth-order valence-electron chi connectivity index (χ4n) is 3.11. The molecule has 0 radical (unpaired) electrons. The molecular formula is C17H25Cl2NS. The van der Waals surface area contributed by atoms with Gasteiger partial charge in [-0.15, -0.1) is 11.8 Å². The van der Waals surface area contributed by atoms with E-state index in [4.69, 9.17) is 23.2 Å². The van der Waals surface area contributed by atoms with Crippen LogP contribution in [0.4, 0.5) is 0 Å². The molecular weight excluding hydrogens is 321 g/mol. The van der Waals surface area contributed by atoms with Crippen molar-refractivity contribution >= 4 is 35.0 Å². The van der Waals surface area contributed by atoms with Gasteiger partial charge in [-0.05, 0) is 55.8 Å². The fraction of sp³-hybridized carbons (Fsp3) is 0.647. The zero-order chi connectivity index (χ0) is 15.6. The minimum atomic E-state index is 0.371. The summed E-state index contributed by atoms with van der Waals surface area (Å²) in [7, 11) is 2.06. The topological polar surface area (TPSA) is 12.0 Å². The average molecular weight is 346 g/mol. The third-order valence-corrected chi connectivity index (χ3v) is 6.65. The van der Waals surface area contributed by atoms with Gasteiger partial charge in [0.25, 0.3) is 0 Å². The lowest BCUT2D eigenvalue weighted by Crippen LogP contribution is -2.43. The van der Waals surface area contributed by atoms with Crippen LogP contribution in [0.5, 0.6) is 0 Å². The van der Waals surface area contributed by atoms with Crippen LogP contribution in [0.3, 0.4) is 0 Å². The summed E-state index contributed by atoms with van der Waals surface area (Å²) in [6, 6.07) is 6.28. The lowest BCUT2D eigenvalue weighted by atomic mass is 9.71. The first kappa shape index (κ1) is 17.5. The summed E-state index contributed by atoms with van der Waals surface area (Å²) in [4.78, 5) is 1.10. The van der Waals surface area contributed by atoms with Gasteiger partial charge in [-0.3, -0.25) is 0 Å². The van der Waals surface area contributed by atoms with Crippen LogP contribution in [-0.4, -0.2) is 18.3 Å². The molecule has 1 saturated carbocycles. The van der Waals surface area contributed by atoms with Crippen molar-refractivity contribution in [1.29, 1.82) is 0 Å². The lowest BCUT2D eigenvalue weighted by molar-refractivity contribution is 0.167. The van der Waals surface area contributed by atoms with E-state index in [0.717, 1.165) is 20.9 Å². The number of halogens is 2. The molecule has 1 aliphatic carbocycles. The summed E-state index contributed by atoms with van der Waals surface area (Å²) in [5.74, 6) is 0.762. The highest BCUT2D eigenvalue weighted by molar-refractivity contribution is 8.00. The standard InChI is InChI=1S/C17H25Cl2NS/c1-17(2,3)11-5-8-14(20-4)16(9-11)21-15-10-12(18)6-7-13(15)19/h6-7,10-11,14,16,20H,5,8-9H2,1-4H3. The molecule has 0 bridgehead atoms. The van der Waals surface area contributed by atoms with E-state index in [0.29, 0.717) is 16.7 Å². The van der Waals surface area contributed by atoms with Gasteiger partial charge in [0.15, 0.2) is 0 Å². The summed E-state index contributed by atoms with van der Waals surface area (Å²) >= 11 is 14.3. The largest absolute Gasteiger partial charge is 0.316 e. The third kappa shape index (κ3) is 4.54. The number of thioether (sulfide) groups is 1. The molecule has 4 heteroatoms. The molecule has 1 nitrogen and oxygen atoms in total. The van der Waals surface area contributed by atoms with Crippen LogP contribution in [0.2, 0.25) is 10.0 Å². The van der Waals surface area contributed by atoms with E-state index in [1.165, 1.54) is 19.3 Å². The maximum atomic E-state index is 6.33. The van der Waals surface area contributed by atoms with Gasteiger partial charge in [0, 0.05) is 21.2 Å². The summed E-state index contributed by atoms with van der Waals surface area (Å²) in [6.45, 7) is 7.06. The van der Waals surface area contributed by atoms with E-state index in [2.05, 4.69) is 33.1 Å². The molecule has 0 amide bonds. The Kier molecular flexibility index (Phi) is 5.92. The Labute approximate surface area is 143 Å². The van der Waals surface area contributed by atoms with Crippen molar-refractivity contribution in [3.8, 4) is 0 Å². The van der Waals surface area contributed by atoms with E-state index < -0.39 is 0 Å². The van der Waals surface area contributed by atoms with Crippen molar-refractivity contribution in [3.05, 3.63) is 28.2 Å². The van der Waals surface area contributed by atoms with Crippen LogP contribution in [-0.2, 0) is 0 Å². The average Bonchev–Trinajstić information content (AvgIpc) is 2.42. The molecule has 0 saturated heterocycles. The molecule has 1 aliphatic rings. The van der Waals surface area contributed by atoms with Crippen LogP contribution in [0.15, 0.2) is 23.1 Å². The Bertz CT molecular complexity index is 484. The van der Waals surface area contributed by atoms with Crippen LogP contribution in [0.25, 0.3) is 0 Å². The summed E-state index contributed by atoms with van der Waals surface area (Å²) in [6.07, 6.45) is 3.76. The van der Waals surface area contributed by atoms with E-state index in [1.807, 2.05) is 30.0 Å². The van der Waals surface area contributed by atoms with Crippen LogP contribution >= 0.6 is 35.0 Å². The van der Waals surface area contributed by atoms with E-state index in [-0.39, 0.29) is 0 Å². The van der Waals surface area contributed by atoms with Crippen molar-refractivity contribution in [2.24, 2.45) is 11.3 Å². The number of benzene rings is 1. The van der Waals surface area contributed by atoms with Crippen molar-refractivity contribution in [2.45, 2.75) is 56.2 Å². The Balaban J connectivity index is 2.16. The quantitative estimate of drug-likeness (QED) is 0.732. The molecule has 3 unspecified atom stereocenters. The highest BCUT2D eigenvalue weighted by Crippen LogP contribution is 2.44. The molecule has 1 aromatic rings. The van der Waals surface area contributed by atoms with Gasteiger partial charge < -0.3 is 5.32 Å². The normalized spacial score (nSPS) is 26.9. The smallest absolute Gasteiger partial charge is 0.0543 e. The molecule has 0 heterocycles. The molecule has 1 aromatic carbocycles. The van der Waals surface area contributed by atoms with Crippen molar-refractivity contribution in [3.63, 3.8) is 0 Å².